The van der Waals surface area contributed by atoms with Gasteiger partial charge in [0.25, 0.3) is 5.91 Å². The molecular weight excluding hydrogens is 358 g/mol. The zero-order chi connectivity index (χ0) is 20.3. The van der Waals surface area contributed by atoms with E-state index in [0.29, 0.717) is 18.5 Å². The number of hydrogen-bond donors (Lipinski definition) is 1. The molecule has 1 aliphatic rings. The smallest absolute Gasteiger partial charge is 0.303 e. The number of nitrogens with zero attached hydrogens (tertiary/aromatic N) is 3. The number of ether oxygens (including phenoxy) is 1. The van der Waals surface area contributed by atoms with Gasteiger partial charge in [0.1, 0.15) is 0 Å². The van der Waals surface area contributed by atoms with Gasteiger partial charge in [-0.15, -0.1) is 0 Å². The Morgan fingerprint density at radius 1 is 1.29 bits per heavy atom. The molecule has 1 aromatic heterocycles. The number of aromatic nitrogens is 2. The van der Waals surface area contributed by atoms with Crippen LogP contribution in [0.5, 0.6) is 0 Å². The molecular formula is C21H27N3O4. The van der Waals surface area contributed by atoms with Crippen LogP contribution < -0.4 is 0 Å². The first-order valence-corrected chi connectivity index (χ1v) is 9.61. The highest BCUT2D eigenvalue weighted by molar-refractivity contribution is 5.94. The van der Waals surface area contributed by atoms with E-state index in [1.165, 1.54) is 0 Å². The molecule has 0 aliphatic carbocycles. The van der Waals surface area contributed by atoms with E-state index in [4.69, 9.17) is 9.84 Å². The standard InChI is InChI=1S/C21H27N3O4/c1-14-19(10-11-20(25)26)15(2)24(22-14)17-8-6-16(7-9-17)21(27)23(3)13-18-5-4-12-28-18/h6-9,18H,4-5,10-13H2,1-3H3,(H,25,26)/t18-/m0/s1. The molecule has 0 bridgehead atoms. The Hall–Kier alpha value is -2.67. The van der Waals surface area contributed by atoms with E-state index >= 15 is 0 Å². The van der Waals surface area contributed by atoms with E-state index in [-0.39, 0.29) is 18.4 Å². The fourth-order valence-corrected chi connectivity index (χ4v) is 3.66. The van der Waals surface area contributed by atoms with Crippen molar-refractivity contribution in [2.75, 3.05) is 20.2 Å². The molecule has 150 valence electrons. The maximum Gasteiger partial charge on any atom is 0.303 e. The summed E-state index contributed by atoms with van der Waals surface area (Å²) in [6.07, 6.45) is 2.72. The number of carboxylic acid groups (broad SMARTS) is 1. The highest BCUT2D eigenvalue weighted by Crippen LogP contribution is 2.20. The van der Waals surface area contributed by atoms with Gasteiger partial charge >= 0.3 is 5.97 Å². The Balaban J connectivity index is 1.72. The Morgan fingerprint density at radius 2 is 2.00 bits per heavy atom. The van der Waals surface area contributed by atoms with Crippen molar-refractivity contribution in [1.29, 1.82) is 0 Å². The second-order valence-electron chi connectivity index (χ2n) is 7.32. The number of likely N-dealkylation sites (N-methyl/N-ethyl adjacent to an activating group) is 1. The van der Waals surface area contributed by atoms with Crippen LogP contribution in [-0.4, -0.2) is 58.0 Å². The molecule has 1 N–H and O–H groups in total. The second-order valence-corrected chi connectivity index (χ2v) is 7.32. The summed E-state index contributed by atoms with van der Waals surface area (Å²) in [5.74, 6) is -0.848. The summed E-state index contributed by atoms with van der Waals surface area (Å²) in [5, 5.41) is 13.5. The molecule has 1 saturated heterocycles. The van der Waals surface area contributed by atoms with Gasteiger partial charge < -0.3 is 14.7 Å². The molecule has 0 saturated carbocycles. The Morgan fingerprint density at radius 3 is 2.61 bits per heavy atom. The average Bonchev–Trinajstić information content (AvgIpc) is 3.27. The lowest BCUT2D eigenvalue weighted by Gasteiger charge is -2.21. The fraction of sp³-hybridized carbons (Fsp3) is 0.476. The van der Waals surface area contributed by atoms with Crippen LogP contribution >= 0.6 is 0 Å². The van der Waals surface area contributed by atoms with Crippen molar-refractivity contribution in [3.05, 3.63) is 46.8 Å². The lowest BCUT2D eigenvalue weighted by molar-refractivity contribution is -0.136. The maximum atomic E-state index is 12.6. The number of carboxylic acids is 1. The van der Waals surface area contributed by atoms with Gasteiger partial charge in [0, 0.05) is 37.9 Å². The minimum atomic E-state index is -0.818. The van der Waals surface area contributed by atoms with Gasteiger partial charge in [0.2, 0.25) is 0 Å². The van der Waals surface area contributed by atoms with Crippen LogP contribution in [0, 0.1) is 13.8 Å². The van der Waals surface area contributed by atoms with Gasteiger partial charge in [-0.05, 0) is 62.9 Å². The quantitative estimate of drug-likeness (QED) is 0.792. The van der Waals surface area contributed by atoms with E-state index in [1.54, 1.807) is 28.8 Å². The van der Waals surface area contributed by atoms with Gasteiger partial charge in [-0.1, -0.05) is 0 Å². The lowest BCUT2D eigenvalue weighted by atomic mass is 10.1. The molecule has 3 rings (SSSR count). The van der Waals surface area contributed by atoms with Crippen LogP contribution in [0.15, 0.2) is 24.3 Å². The normalized spacial score (nSPS) is 16.3. The van der Waals surface area contributed by atoms with E-state index in [2.05, 4.69) is 5.10 Å². The molecule has 1 amide bonds. The minimum Gasteiger partial charge on any atom is -0.481 e. The number of amides is 1. The number of carbonyl (C=O) groups is 2. The van der Waals surface area contributed by atoms with E-state index in [9.17, 15) is 9.59 Å². The Labute approximate surface area is 164 Å². The number of hydrogen-bond acceptors (Lipinski definition) is 4. The monoisotopic (exact) mass is 385 g/mol. The number of aryl methyl sites for hydroxylation is 1. The first kappa shape index (κ1) is 20.1. The van der Waals surface area contributed by atoms with Crippen molar-refractivity contribution in [3.63, 3.8) is 0 Å². The molecule has 0 spiro atoms. The van der Waals surface area contributed by atoms with E-state index < -0.39 is 5.97 Å². The summed E-state index contributed by atoms with van der Waals surface area (Å²) in [7, 11) is 1.80. The van der Waals surface area contributed by atoms with E-state index in [1.807, 2.05) is 26.0 Å². The average molecular weight is 385 g/mol. The first-order chi connectivity index (χ1) is 13.4. The molecule has 28 heavy (non-hydrogen) atoms. The summed E-state index contributed by atoms with van der Waals surface area (Å²) in [6.45, 7) is 5.20. The highest BCUT2D eigenvalue weighted by Gasteiger charge is 2.21. The summed E-state index contributed by atoms with van der Waals surface area (Å²) in [5.41, 5.74) is 4.18. The van der Waals surface area contributed by atoms with Crippen LogP contribution in [0.1, 0.15) is 46.6 Å². The third-order valence-corrected chi connectivity index (χ3v) is 5.24. The van der Waals surface area contributed by atoms with Gasteiger partial charge in [0.15, 0.2) is 0 Å². The number of aliphatic carboxylic acids is 1. The molecule has 0 unspecified atom stereocenters. The topological polar surface area (TPSA) is 84.7 Å². The molecule has 1 aromatic carbocycles. The molecule has 1 atom stereocenters. The van der Waals surface area contributed by atoms with Gasteiger partial charge in [-0.25, -0.2) is 4.68 Å². The first-order valence-electron chi connectivity index (χ1n) is 9.61. The molecule has 0 radical (unpaired) electrons. The third-order valence-electron chi connectivity index (χ3n) is 5.24. The van der Waals surface area contributed by atoms with Gasteiger partial charge in [-0.3, -0.25) is 9.59 Å². The van der Waals surface area contributed by atoms with Gasteiger partial charge in [-0.2, -0.15) is 5.10 Å². The molecule has 2 heterocycles. The number of rotatable bonds is 7. The van der Waals surface area contributed by atoms with Crippen molar-refractivity contribution < 1.29 is 19.4 Å². The maximum absolute atomic E-state index is 12.6. The van der Waals surface area contributed by atoms with E-state index in [0.717, 1.165) is 42.1 Å². The van der Waals surface area contributed by atoms with Crippen LogP contribution in [-0.2, 0) is 16.0 Å². The fourth-order valence-electron chi connectivity index (χ4n) is 3.66. The molecule has 7 heteroatoms. The predicted octanol–water partition coefficient (Wildman–Crippen LogP) is 2.76. The van der Waals surface area contributed by atoms with Crippen molar-refractivity contribution >= 4 is 11.9 Å². The lowest BCUT2D eigenvalue weighted by Crippen LogP contribution is -2.34. The predicted molar refractivity (Wildman–Crippen MR) is 105 cm³/mol. The minimum absolute atomic E-state index is 0.0300. The summed E-state index contributed by atoms with van der Waals surface area (Å²) in [4.78, 5) is 25.2. The number of benzene rings is 1. The van der Waals surface area contributed by atoms with Crippen molar-refractivity contribution in [2.24, 2.45) is 0 Å². The van der Waals surface area contributed by atoms with Crippen LogP contribution in [0.3, 0.4) is 0 Å². The molecule has 7 nitrogen and oxygen atoms in total. The molecule has 2 aromatic rings. The summed E-state index contributed by atoms with van der Waals surface area (Å²) >= 11 is 0. The number of carbonyl (C=O) groups excluding carboxylic acids is 1. The second kappa shape index (κ2) is 8.56. The van der Waals surface area contributed by atoms with Crippen molar-refractivity contribution in [1.82, 2.24) is 14.7 Å². The third kappa shape index (κ3) is 4.42. The van der Waals surface area contributed by atoms with Crippen LogP contribution in [0.2, 0.25) is 0 Å². The SMILES string of the molecule is Cc1nn(-c2ccc(C(=O)N(C)C[C@@H]3CCCO3)cc2)c(C)c1CCC(=O)O. The molecule has 1 aliphatic heterocycles. The summed E-state index contributed by atoms with van der Waals surface area (Å²) < 4.78 is 7.41. The van der Waals surface area contributed by atoms with Gasteiger partial charge in [0.05, 0.1) is 17.5 Å². The Kier molecular flexibility index (Phi) is 6.14. The zero-order valence-corrected chi connectivity index (χ0v) is 16.6. The molecule has 1 fully saturated rings. The Bertz CT molecular complexity index is 851. The zero-order valence-electron chi connectivity index (χ0n) is 16.6. The highest BCUT2D eigenvalue weighted by atomic mass is 16.5. The largest absolute Gasteiger partial charge is 0.481 e. The van der Waals surface area contributed by atoms with Crippen LogP contribution in [0.25, 0.3) is 5.69 Å². The van der Waals surface area contributed by atoms with Crippen molar-refractivity contribution in [2.45, 2.75) is 45.6 Å². The van der Waals surface area contributed by atoms with Crippen molar-refractivity contribution in [3.8, 4) is 5.69 Å². The van der Waals surface area contributed by atoms with Crippen LogP contribution in [0.4, 0.5) is 0 Å². The summed E-state index contributed by atoms with van der Waals surface area (Å²) in [6, 6.07) is 7.34.